The minimum atomic E-state index is -0.0941. The van der Waals surface area contributed by atoms with Crippen molar-refractivity contribution in [2.75, 3.05) is 13.1 Å². The molecule has 5 nitrogen and oxygen atoms in total. The summed E-state index contributed by atoms with van der Waals surface area (Å²) in [5, 5.41) is 3.38. The lowest BCUT2D eigenvalue weighted by Crippen LogP contribution is -2.56. The number of hydrogen-bond donors (Lipinski definition) is 1. The van der Waals surface area contributed by atoms with Crippen LogP contribution in [0.3, 0.4) is 0 Å². The molecular formula is C20H27N3O2. The standard InChI is InChI=1S/C20H27N3O2/c1-14-2-5-17(13-21-14)19(25)23-10-8-20(9-11-23,12-15-3-4-15)22-18(24)16-6-7-16/h2,5,13,15-16H,3-4,6-12H2,1H3,(H,22,24). The van der Waals surface area contributed by atoms with Gasteiger partial charge < -0.3 is 10.2 Å². The smallest absolute Gasteiger partial charge is 0.255 e. The largest absolute Gasteiger partial charge is 0.350 e. The molecule has 1 aromatic rings. The maximum atomic E-state index is 12.7. The van der Waals surface area contributed by atoms with E-state index in [0.717, 1.165) is 43.7 Å². The fourth-order valence-electron chi connectivity index (χ4n) is 3.88. The zero-order valence-corrected chi connectivity index (χ0v) is 15.0. The highest BCUT2D eigenvalue weighted by Gasteiger charge is 2.43. The molecule has 0 bridgehead atoms. The maximum Gasteiger partial charge on any atom is 0.255 e. The molecule has 2 heterocycles. The lowest BCUT2D eigenvalue weighted by atomic mass is 9.82. The highest BCUT2D eigenvalue weighted by atomic mass is 16.2. The highest BCUT2D eigenvalue weighted by Crippen LogP contribution is 2.41. The molecule has 0 unspecified atom stereocenters. The summed E-state index contributed by atoms with van der Waals surface area (Å²) in [6.07, 6.45) is 9.14. The topological polar surface area (TPSA) is 62.3 Å². The second-order valence-electron chi connectivity index (χ2n) is 8.17. The first-order valence-electron chi connectivity index (χ1n) is 9.59. The van der Waals surface area contributed by atoms with Crippen molar-refractivity contribution in [1.29, 1.82) is 0 Å². The van der Waals surface area contributed by atoms with Gasteiger partial charge in [-0.05, 0) is 57.1 Å². The molecule has 5 heteroatoms. The van der Waals surface area contributed by atoms with E-state index in [9.17, 15) is 9.59 Å². The molecular weight excluding hydrogens is 314 g/mol. The molecule has 4 rings (SSSR count). The Hall–Kier alpha value is -1.91. The van der Waals surface area contributed by atoms with Gasteiger partial charge in [0.1, 0.15) is 0 Å². The Morgan fingerprint density at radius 2 is 1.92 bits per heavy atom. The van der Waals surface area contributed by atoms with E-state index in [0.29, 0.717) is 18.7 Å². The molecule has 1 N–H and O–H groups in total. The summed E-state index contributed by atoms with van der Waals surface area (Å²) >= 11 is 0. The van der Waals surface area contributed by atoms with Crippen LogP contribution < -0.4 is 5.32 Å². The van der Waals surface area contributed by atoms with Crippen molar-refractivity contribution in [3.63, 3.8) is 0 Å². The van der Waals surface area contributed by atoms with Crippen molar-refractivity contribution >= 4 is 11.8 Å². The van der Waals surface area contributed by atoms with Gasteiger partial charge in [-0.15, -0.1) is 0 Å². The molecule has 3 aliphatic rings. The summed E-state index contributed by atoms with van der Waals surface area (Å²) in [5.74, 6) is 1.31. The lowest BCUT2D eigenvalue weighted by Gasteiger charge is -2.43. The summed E-state index contributed by atoms with van der Waals surface area (Å²) in [6, 6.07) is 3.73. The van der Waals surface area contributed by atoms with Crippen LogP contribution in [-0.4, -0.2) is 40.3 Å². The van der Waals surface area contributed by atoms with Crippen molar-refractivity contribution in [1.82, 2.24) is 15.2 Å². The second kappa shape index (κ2) is 6.43. The third-order valence-corrected chi connectivity index (χ3v) is 5.88. The zero-order chi connectivity index (χ0) is 17.4. The Balaban J connectivity index is 1.40. The SMILES string of the molecule is Cc1ccc(C(=O)N2CCC(CC3CC3)(NC(=O)C3CC3)CC2)cn1. The Morgan fingerprint density at radius 1 is 1.20 bits per heavy atom. The van der Waals surface area contributed by atoms with Crippen LogP contribution >= 0.6 is 0 Å². The van der Waals surface area contributed by atoms with Gasteiger partial charge in [-0.3, -0.25) is 14.6 Å². The van der Waals surface area contributed by atoms with Gasteiger partial charge in [0.15, 0.2) is 0 Å². The third kappa shape index (κ3) is 3.86. The van der Waals surface area contributed by atoms with Crippen LogP contribution in [0.15, 0.2) is 18.3 Å². The van der Waals surface area contributed by atoms with E-state index in [1.54, 1.807) is 6.20 Å². The van der Waals surface area contributed by atoms with Crippen LogP contribution in [0.4, 0.5) is 0 Å². The number of piperidine rings is 1. The Morgan fingerprint density at radius 3 is 2.48 bits per heavy atom. The fourth-order valence-corrected chi connectivity index (χ4v) is 3.88. The van der Waals surface area contributed by atoms with Gasteiger partial charge in [-0.2, -0.15) is 0 Å². The first-order valence-corrected chi connectivity index (χ1v) is 9.59. The van der Waals surface area contributed by atoms with Crippen molar-refractivity contribution in [3.05, 3.63) is 29.6 Å². The molecule has 0 atom stereocenters. The average Bonchev–Trinajstić information content (AvgIpc) is 3.49. The number of aryl methyl sites for hydroxylation is 1. The molecule has 0 aromatic carbocycles. The minimum absolute atomic E-state index is 0.0565. The van der Waals surface area contributed by atoms with Crippen LogP contribution in [0.5, 0.6) is 0 Å². The number of hydrogen-bond acceptors (Lipinski definition) is 3. The molecule has 2 amide bonds. The minimum Gasteiger partial charge on any atom is -0.350 e. The van der Waals surface area contributed by atoms with Gasteiger partial charge in [-0.25, -0.2) is 0 Å². The number of nitrogens with zero attached hydrogens (tertiary/aromatic N) is 2. The molecule has 25 heavy (non-hydrogen) atoms. The zero-order valence-electron chi connectivity index (χ0n) is 15.0. The quantitative estimate of drug-likeness (QED) is 0.896. The second-order valence-corrected chi connectivity index (χ2v) is 8.17. The first kappa shape index (κ1) is 16.6. The number of rotatable bonds is 5. The molecule has 1 aliphatic heterocycles. The van der Waals surface area contributed by atoms with Crippen LogP contribution in [0.25, 0.3) is 0 Å². The summed E-state index contributed by atoms with van der Waals surface area (Å²) in [6.45, 7) is 3.35. The molecule has 134 valence electrons. The van der Waals surface area contributed by atoms with Crippen LogP contribution in [0, 0.1) is 18.8 Å². The number of nitrogens with one attached hydrogen (secondary N) is 1. The van der Waals surface area contributed by atoms with Gasteiger partial charge in [0, 0.05) is 36.4 Å². The molecule has 0 spiro atoms. The van der Waals surface area contributed by atoms with Crippen molar-refractivity contribution < 1.29 is 9.59 Å². The monoisotopic (exact) mass is 341 g/mol. The van der Waals surface area contributed by atoms with Crippen LogP contribution in [0.1, 0.15) is 61.0 Å². The highest BCUT2D eigenvalue weighted by molar-refractivity contribution is 5.94. The summed E-state index contributed by atoms with van der Waals surface area (Å²) in [7, 11) is 0. The van der Waals surface area contributed by atoms with Crippen molar-refractivity contribution in [2.45, 2.75) is 57.4 Å². The van der Waals surface area contributed by atoms with E-state index in [2.05, 4.69) is 10.3 Å². The number of likely N-dealkylation sites (tertiary alicyclic amines) is 1. The molecule has 2 aliphatic carbocycles. The number of pyridine rings is 1. The van der Waals surface area contributed by atoms with E-state index in [4.69, 9.17) is 0 Å². The van der Waals surface area contributed by atoms with E-state index >= 15 is 0 Å². The average molecular weight is 341 g/mol. The fraction of sp³-hybridized carbons (Fsp3) is 0.650. The Kier molecular flexibility index (Phi) is 4.26. The first-order chi connectivity index (χ1) is 12.0. The van der Waals surface area contributed by atoms with Gasteiger partial charge in [0.05, 0.1) is 5.56 Å². The van der Waals surface area contributed by atoms with E-state index < -0.39 is 0 Å². The van der Waals surface area contributed by atoms with Gasteiger partial charge in [0.2, 0.25) is 5.91 Å². The number of amides is 2. The maximum absolute atomic E-state index is 12.7. The van der Waals surface area contributed by atoms with Crippen molar-refractivity contribution in [3.8, 4) is 0 Å². The van der Waals surface area contributed by atoms with E-state index in [1.807, 2.05) is 24.0 Å². The van der Waals surface area contributed by atoms with Crippen LogP contribution in [0.2, 0.25) is 0 Å². The number of carbonyl (C=O) groups excluding carboxylic acids is 2. The number of aromatic nitrogens is 1. The van der Waals surface area contributed by atoms with Crippen molar-refractivity contribution in [2.24, 2.45) is 11.8 Å². The Labute approximate surface area is 149 Å². The molecule has 1 aromatic heterocycles. The molecule has 2 saturated carbocycles. The lowest BCUT2D eigenvalue weighted by molar-refractivity contribution is -0.125. The van der Waals surface area contributed by atoms with Gasteiger partial charge in [-0.1, -0.05) is 12.8 Å². The predicted octanol–water partition coefficient (Wildman–Crippen LogP) is 2.69. The molecule has 3 fully saturated rings. The summed E-state index contributed by atoms with van der Waals surface area (Å²) < 4.78 is 0. The Bertz CT molecular complexity index is 654. The molecule has 1 saturated heterocycles. The van der Waals surface area contributed by atoms with Gasteiger partial charge in [0.25, 0.3) is 5.91 Å². The predicted molar refractivity (Wildman–Crippen MR) is 95.1 cm³/mol. The van der Waals surface area contributed by atoms with E-state index in [-0.39, 0.29) is 23.3 Å². The van der Waals surface area contributed by atoms with Gasteiger partial charge >= 0.3 is 0 Å². The summed E-state index contributed by atoms with van der Waals surface area (Å²) in [5.41, 5.74) is 1.48. The third-order valence-electron chi connectivity index (χ3n) is 5.88. The van der Waals surface area contributed by atoms with Crippen LogP contribution in [-0.2, 0) is 4.79 Å². The normalized spacial score (nSPS) is 22.5. The van der Waals surface area contributed by atoms with E-state index in [1.165, 1.54) is 12.8 Å². The summed E-state index contributed by atoms with van der Waals surface area (Å²) in [4.78, 5) is 31.2. The molecule has 0 radical (unpaired) electrons. The number of carbonyl (C=O) groups is 2.